The fourth-order valence-electron chi connectivity index (χ4n) is 4.41. The first-order chi connectivity index (χ1) is 14.5. The Labute approximate surface area is 179 Å². The van der Waals surface area contributed by atoms with Crippen LogP contribution in [0.3, 0.4) is 0 Å². The van der Waals surface area contributed by atoms with E-state index in [-0.39, 0.29) is 17.9 Å². The number of nitrogens with one attached hydrogen (secondary N) is 1. The molecule has 1 saturated heterocycles. The van der Waals surface area contributed by atoms with Crippen molar-refractivity contribution >= 4 is 11.9 Å². The number of benzene rings is 2. The van der Waals surface area contributed by atoms with Crippen LogP contribution in [0.1, 0.15) is 31.4 Å². The van der Waals surface area contributed by atoms with E-state index in [0.717, 1.165) is 19.5 Å². The summed E-state index contributed by atoms with van der Waals surface area (Å²) >= 11 is 0. The molecule has 5 heteroatoms. The lowest BCUT2D eigenvalue weighted by atomic mass is 9.83. The van der Waals surface area contributed by atoms with Gasteiger partial charge in [-0.25, -0.2) is 0 Å². The molecule has 1 N–H and O–H groups in total. The van der Waals surface area contributed by atoms with Gasteiger partial charge in [-0.2, -0.15) is 0 Å². The molecule has 5 nitrogen and oxygen atoms in total. The van der Waals surface area contributed by atoms with Crippen molar-refractivity contribution in [1.29, 1.82) is 0 Å². The normalized spacial score (nSPS) is 19.7. The Kier molecular flexibility index (Phi) is 7.63. The van der Waals surface area contributed by atoms with E-state index < -0.39 is 11.9 Å². The van der Waals surface area contributed by atoms with Crippen LogP contribution >= 0.6 is 0 Å². The highest BCUT2D eigenvalue weighted by Gasteiger charge is 2.46. The summed E-state index contributed by atoms with van der Waals surface area (Å²) in [6.07, 6.45) is 0.896. The molecule has 2 aromatic rings. The third kappa shape index (κ3) is 5.48. The third-order valence-corrected chi connectivity index (χ3v) is 5.81. The van der Waals surface area contributed by atoms with Gasteiger partial charge in [0.25, 0.3) is 0 Å². The Balaban J connectivity index is 1.95. The maximum atomic E-state index is 12.5. The summed E-state index contributed by atoms with van der Waals surface area (Å²) < 4.78 is 4.99. The molecule has 3 atom stereocenters. The monoisotopic (exact) mass is 408 g/mol. The number of hydrogen-bond acceptors (Lipinski definition) is 4. The van der Waals surface area contributed by atoms with Gasteiger partial charge in [0.15, 0.2) is 0 Å². The Bertz CT molecular complexity index is 781. The highest BCUT2D eigenvalue weighted by atomic mass is 16.5. The van der Waals surface area contributed by atoms with Gasteiger partial charge >= 0.3 is 5.97 Å². The maximum Gasteiger partial charge on any atom is 0.318 e. The highest BCUT2D eigenvalue weighted by Crippen LogP contribution is 2.32. The van der Waals surface area contributed by atoms with Crippen molar-refractivity contribution in [1.82, 2.24) is 10.2 Å². The van der Waals surface area contributed by atoms with Crippen molar-refractivity contribution in [2.45, 2.75) is 39.4 Å². The van der Waals surface area contributed by atoms with Crippen LogP contribution in [-0.2, 0) is 27.4 Å². The molecule has 1 aliphatic rings. The molecule has 0 bridgehead atoms. The molecule has 1 amide bonds. The van der Waals surface area contributed by atoms with Crippen molar-refractivity contribution in [2.75, 3.05) is 13.7 Å². The quantitative estimate of drug-likeness (QED) is 0.508. The van der Waals surface area contributed by atoms with Gasteiger partial charge in [0.1, 0.15) is 5.92 Å². The van der Waals surface area contributed by atoms with E-state index in [0.29, 0.717) is 12.5 Å². The smallest absolute Gasteiger partial charge is 0.318 e. The molecule has 0 saturated carbocycles. The highest BCUT2D eigenvalue weighted by molar-refractivity contribution is 5.99. The summed E-state index contributed by atoms with van der Waals surface area (Å²) in [7, 11) is 1.36. The molecular formula is C25H32N2O3. The third-order valence-electron chi connectivity index (χ3n) is 5.81. The fraction of sp³-hybridized carbons (Fsp3) is 0.440. The molecule has 2 aromatic carbocycles. The zero-order valence-electron chi connectivity index (χ0n) is 18.1. The van der Waals surface area contributed by atoms with Crippen LogP contribution in [0.25, 0.3) is 0 Å². The van der Waals surface area contributed by atoms with Gasteiger partial charge in [0.05, 0.1) is 7.11 Å². The summed E-state index contributed by atoms with van der Waals surface area (Å²) in [5.74, 6) is -1.12. The Morgan fingerprint density at radius 1 is 1.03 bits per heavy atom. The van der Waals surface area contributed by atoms with Crippen molar-refractivity contribution < 1.29 is 14.3 Å². The first kappa shape index (κ1) is 22.0. The molecule has 1 aliphatic heterocycles. The van der Waals surface area contributed by atoms with Gasteiger partial charge in [-0.3, -0.25) is 14.5 Å². The molecule has 0 unspecified atom stereocenters. The van der Waals surface area contributed by atoms with E-state index in [1.807, 2.05) is 36.4 Å². The lowest BCUT2D eigenvalue weighted by Gasteiger charge is -2.38. The number of methoxy groups -OCH3 is 1. The van der Waals surface area contributed by atoms with E-state index >= 15 is 0 Å². The van der Waals surface area contributed by atoms with E-state index in [1.165, 1.54) is 18.2 Å². The summed E-state index contributed by atoms with van der Waals surface area (Å²) in [4.78, 5) is 27.4. The largest absolute Gasteiger partial charge is 0.468 e. The zero-order valence-corrected chi connectivity index (χ0v) is 18.1. The van der Waals surface area contributed by atoms with E-state index in [4.69, 9.17) is 4.74 Å². The van der Waals surface area contributed by atoms with E-state index in [2.05, 4.69) is 48.3 Å². The standard InChI is InChI=1S/C25H32N2O3/c1-18(2)14-22(21-15-26-24(28)23(21)25(29)30-3)27(16-19-10-6-4-7-11-19)17-20-12-8-5-9-13-20/h4-13,18,21-23H,14-17H2,1-3H3,(H,26,28)/t21-,22+,23-/m1/s1. The molecule has 0 aliphatic carbocycles. The van der Waals surface area contributed by atoms with Gasteiger partial charge in [0, 0.05) is 31.6 Å². The Hall–Kier alpha value is -2.66. The number of hydrogen-bond donors (Lipinski definition) is 1. The molecule has 1 fully saturated rings. The van der Waals surface area contributed by atoms with Crippen molar-refractivity contribution in [2.24, 2.45) is 17.8 Å². The number of amides is 1. The minimum atomic E-state index is -0.757. The fourth-order valence-corrected chi connectivity index (χ4v) is 4.41. The number of nitrogens with zero attached hydrogens (tertiary/aromatic N) is 1. The van der Waals surface area contributed by atoms with Gasteiger partial charge in [-0.15, -0.1) is 0 Å². The Morgan fingerprint density at radius 3 is 2.03 bits per heavy atom. The lowest BCUT2D eigenvalue weighted by molar-refractivity contribution is -0.151. The van der Waals surface area contributed by atoms with E-state index in [1.54, 1.807) is 0 Å². The second kappa shape index (κ2) is 10.4. The van der Waals surface area contributed by atoms with Gasteiger partial charge in [0.2, 0.25) is 5.91 Å². The minimum Gasteiger partial charge on any atom is -0.468 e. The van der Waals surface area contributed by atoms with Crippen LogP contribution in [0.4, 0.5) is 0 Å². The van der Waals surface area contributed by atoms with Crippen molar-refractivity contribution in [3.63, 3.8) is 0 Å². The average molecular weight is 409 g/mol. The number of carbonyl (C=O) groups excluding carboxylic acids is 2. The van der Waals surface area contributed by atoms with Gasteiger partial charge in [-0.1, -0.05) is 74.5 Å². The summed E-state index contributed by atoms with van der Waals surface area (Å²) in [5.41, 5.74) is 2.43. The minimum absolute atomic E-state index is 0.0634. The second-order valence-electron chi connectivity index (χ2n) is 8.48. The van der Waals surface area contributed by atoms with Gasteiger partial charge in [-0.05, 0) is 23.5 Å². The Morgan fingerprint density at radius 2 is 1.57 bits per heavy atom. The van der Waals surface area contributed by atoms with Gasteiger partial charge < -0.3 is 10.1 Å². The molecule has 30 heavy (non-hydrogen) atoms. The summed E-state index contributed by atoms with van der Waals surface area (Å²) in [6.45, 7) is 6.38. The van der Waals surface area contributed by atoms with E-state index in [9.17, 15) is 9.59 Å². The van der Waals surface area contributed by atoms with Crippen LogP contribution < -0.4 is 5.32 Å². The van der Waals surface area contributed by atoms with Crippen molar-refractivity contribution in [3.8, 4) is 0 Å². The maximum absolute atomic E-state index is 12.5. The topological polar surface area (TPSA) is 58.6 Å². The molecule has 0 radical (unpaired) electrons. The average Bonchev–Trinajstić information content (AvgIpc) is 3.13. The number of esters is 1. The number of carbonyl (C=O) groups is 2. The van der Waals surface area contributed by atoms with Crippen LogP contribution in [0.15, 0.2) is 60.7 Å². The van der Waals surface area contributed by atoms with Crippen LogP contribution in [0.2, 0.25) is 0 Å². The number of ether oxygens (including phenoxy) is 1. The number of rotatable bonds is 9. The lowest BCUT2D eigenvalue weighted by Crippen LogP contribution is -2.45. The molecule has 0 aromatic heterocycles. The first-order valence-corrected chi connectivity index (χ1v) is 10.7. The van der Waals surface area contributed by atoms with Crippen LogP contribution in [-0.4, -0.2) is 36.5 Å². The SMILES string of the molecule is COC(=O)[C@H]1C(=O)NC[C@@H]1[C@H](CC(C)C)N(Cc1ccccc1)Cc1ccccc1. The predicted octanol–water partition coefficient (Wildman–Crippen LogP) is 3.64. The molecule has 0 spiro atoms. The molecule has 3 rings (SSSR count). The zero-order chi connectivity index (χ0) is 21.5. The molecular weight excluding hydrogens is 376 g/mol. The second-order valence-corrected chi connectivity index (χ2v) is 8.48. The molecule has 1 heterocycles. The van der Waals surface area contributed by atoms with Crippen molar-refractivity contribution in [3.05, 3.63) is 71.8 Å². The predicted molar refractivity (Wildman–Crippen MR) is 117 cm³/mol. The molecule has 160 valence electrons. The summed E-state index contributed by atoms with van der Waals surface area (Å²) in [6, 6.07) is 20.8. The van der Waals surface area contributed by atoms with Crippen LogP contribution in [0.5, 0.6) is 0 Å². The first-order valence-electron chi connectivity index (χ1n) is 10.7. The summed E-state index contributed by atoms with van der Waals surface area (Å²) in [5, 5.41) is 2.90. The van der Waals surface area contributed by atoms with Crippen LogP contribution in [0, 0.1) is 17.8 Å².